The number of benzene rings is 3. The van der Waals surface area contributed by atoms with Gasteiger partial charge < -0.3 is 10.1 Å². The van der Waals surface area contributed by atoms with Gasteiger partial charge in [0.25, 0.3) is 5.91 Å². The summed E-state index contributed by atoms with van der Waals surface area (Å²) in [4.78, 5) is 29.2. The zero-order valence-corrected chi connectivity index (χ0v) is 18.8. The first kappa shape index (κ1) is 21.7. The Morgan fingerprint density at radius 2 is 1.72 bits per heavy atom. The summed E-state index contributed by atoms with van der Waals surface area (Å²) in [6.07, 6.45) is 1.85. The number of amides is 2. The minimum absolute atomic E-state index is 0.0481. The van der Waals surface area contributed by atoms with Crippen molar-refractivity contribution in [3.8, 4) is 5.75 Å². The number of anilines is 1. The molecule has 32 heavy (non-hydrogen) atoms. The first-order valence-corrected chi connectivity index (χ1v) is 11.2. The lowest BCUT2D eigenvalue weighted by molar-refractivity contribution is -0.122. The third-order valence-corrected chi connectivity index (χ3v) is 6.30. The average molecular weight is 445 g/mol. The molecule has 6 heteroatoms. The minimum atomic E-state index is -0.208. The highest BCUT2D eigenvalue weighted by molar-refractivity contribution is 8.04. The highest BCUT2D eigenvalue weighted by Crippen LogP contribution is 2.42. The molecule has 1 aliphatic rings. The van der Waals surface area contributed by atoms with E-state index in [1.807, 2.05) is 91.9 Å². The van der Waals surface area contributed by atoms with E-state index in [4.69, 9.17) is 4.74 Å². The molecule has 4 rings (SSSR count). The van der Waals surface area contributed by atoms with Crippen molar-refractivity contribution in [1.82, 2.24) is 5.32 Å². The van der Waals surface area contributed by atoms with Crippen LogP contribution in [0.5, 0.6) is 5.75 Å². The maximum absolute atomic E-state index is 13.3. The molecule has 3 aromatic carbocycles. The first-order chi connectivity index (χ1) is 15.5. The van der Waals surface area contributed by atoms with Crippen LogP contribution in [0.15, 0.2) is 88.7 Å². The van der Waals surface area contributed by atoms with Crippen LogP contribution in [0.25, 0.3) is 6.08 Å². The molecule has 1 atom stereocenters. The van der Waals surface area contributed by atoms with E-state index in [9.17, 15) is 9.59 Å². The normalized spacial score (nSPS) is 15.2. The summed E-state index contributed by atoms with van der Waals surface area (Å²) in [6.45, 7) is 1.89. The summed E-state index contributed by atoms with van der Waals surface area (Å²) in [6, 6.07) is 24.8. The summed E-state index contributed by atoms with van der Waals surface area (Å²) in [5.74, 6) is 0.359. The predicted octanol–water partition coefficient (Wildman–Crippen LogP) is 5.05. The molecule has 0 aliphatic carbocycles. The van der Waals surface area contributed by atoms with Crippen molar-refractivity contribution in [3.05, 3.63) is 94.9 Å². The van der Waals surface area contributed by atoms with Gasteiger partial charge in [-0.25, -0.2) is 0 Å². The van der Waals surface area contributed by atoms with Gasteiger partial charge in [0.15, 0.2) is 0 Å². The van der Waals surface area contributed by atoms with Crippen LogP contribution in [-0.2, 0) is 9.59 Å². The van der Waals surface area contributed by atoms with Crippen molar-refractivity contribution in [2.75, 3.05) is 18.6 Å². The fourth-order valence-corrected chi connectivity index (χ4v) is 4.59. The molecule has 0 bridgehead atoms. The van der Waals surface area contributed by atoms with Gasteiger partial charge in [0, 0.05) is 4.90 Å². The van der Waals surface area contributed by atoms with Gasteiger partial charge in [-0.2, -0.15) is 0 Å². The van der Waals surface area contributed by atoms with Crippen LogP contribution in [0.1, 0.15) is 24.1 Å². The number of para-hydroxylation sites is 1. The molecule has 162 valence electrons. The van der Waals surface area contributed by atoms with Crippen molar-refractivity contribution >= 4 is 35.3 Å². The summed E-state index contributed by atoms with van der Waals surface area (Å²) >= 11 is 1.42. The SMILES string of the molecule is COc1ccc(/C=C2\Sc3ccccc3N(CC(=O)N[C@H](C)c3ccccc3)C2=O)cc1. The standard InChI is InChI=1S/C26H24N2O3S/c1-18(20-8-4-3-5-9-20)27-25(29)17-28-22-10-6-7-11-23(22)32-24(26(28)30)16-19-12-14-21(31-2)15-13-19/h3-16,18H,17H2,1-2H3,(H,27,29)/b24-16-/t18-/m1/s1. The van der Waals surface area contributed by atoms with Gasteiger partial charge in [0.05, 0.1) is 23.7 Å². The highest BCUT2D eigenvalue weighted by Gasteiger charge is 2.30. The Morgan fingerprint density at radius 1 is 1.03 bits per heavy atom. The number of thioether (sulfide) groups is 1. The van der Waals surface area contributed by atoms with E-state index >= 15 is 0 Å². The van der Waals surface area contributed by atoms with Gasteiger partial charge in [-0.3, -0.25) is 14.5 Å². The number of hydrogen-bond acceptors (Lipinski definition) is 4. The van der Waals surface area contributed by atoms with Gasteiger partial charge >= 0.3 is 0 Å². The van der Waals surface area contributed by atoms with E-state index in [1.54, 1.807) is 12.0 Å². The number of nitrogens with zero attached hydrogens (tertiary/aromatic N) is 1. The molecular weight excluding hydrogens is 420 g/mol. The fraction of sp³-hybridized carbons (Fsp3) is 0.154. The summed E-state index contributed by atoms with van der Waals surface area (Å²) in [7, 11) is 1.62. The Hall–Kier alpha value is -3.51. The molecule has 0 spiro atoms. The van der Waals surface area contributed by atoms with E-state index in [2.05, 4.69) is 5.32 Å². The number of carbonyl (C=O) groups is 2. The molecule has 0 saturated heterocycles. The first-order valence-electron chi connectivity index (χ1n) is 10.3. The van der Waals surface area contributed by atoms with Crippen LogP contribution >= 0.6 is 11.8 Å². The topological polar surface area (TPSA) is 58.6 Å². The van der Waals surface area contributed by atoms with E-state index in [1.165, 1.54) is 11.8 Å². The second-order valence-corrected chi connectivity index (χ2v) is 8.53. The average Bonchev–Trinajstić information content (AvgIpc) is 2.82. The van der Waals surface area contributed by atoms with Gasteiger partial charge in [-0.15, -0.1) is 0 Å². The molecule has 0 saturated carbocycles. The quantitative estimate of drug-likeness (QED) is 0.541. The third-order valence-electron chi connectivity index (χ3n) is 5.22. The molecule has 1 N–H and O–H groups in total. The smallest absolute Gasteiger partial charge is 0.265 e. The maximum Gasteiger partial charge on any atom is 0.265 e. The number of rotatable bonds is 6. The van der Waals surface area contributed by atoms with E-state index in [-0.39, 0.29) is 24.4 Å². The maximum atomic E-state index is 13.3. The van der Waals surface area contributed by atoms with Crippen LogP contribution in [0.2, 0.25) is 0 Å². The Balaban J connectivity index is 1.56. The van der Waals surface area contributed by atoms with E-state index in [0.717, 1.165) is 27.5 Å². The van der Waals surface area contributed by atoms with Crippen molar-refractivity contribution in [2.45, 2.75) is 17.9 Å². The summed E-state index contributed by atoms with van der Waals surface area (Å²) in [5, 5.41) is 3.00. The second-order valence-electron chi connectivity index (χ2n) is 7.44. The van der Waals surface area contributed by atoms with Gasteiger partial charge in [-0.1, -0.05) is 66.4 Å². The zero-order valence-electron chi connectivity index (χ0n) is 17.9. The van der Waals surface area contributed by atoms with Crippen LogP contribution in [0, 0.1) is 0 Å². The summed E-state index contributed by atoms with van der Waals surface area (Å²) in [5.41, 5.74) is 2.65. The van der Waals surface area contributed by atoms with Crippen molar-refractivity contribution in [3.63, 3.8) is 0 Å². The lowest BCUT2D eigenvalue weighted by Crippen LogP contribution is -2.43. The Kier molecular flexibility index (Phi) is 6.61. The molecule has 3 aromatic rings. The molecule has 0 aromatic heterocycles. The number of nitrogens with one attached hydrogen (secondary N) is 1. The molecule has 5 nitrogen and oxygen atoms in total. The van der Waals surface area contributed by atoms with Crippen molar-refractivity contribution in [2.24, 2.45) is 0 Å². The Labute approximate surface area is 192 Å². The largest absolute Gasteiger partial charge is 0.497 e. The van der Waals surface area contributed by atoms with E-state index in [0.29, 0.717) is 4.91 Å². The number of carbonyl (C=O) groups excluding carboxylic acids is 2. The molecular formula is C26H24N2O3S. The second kappa shape index (κ2) is 9.75. The number of hydrogen-bond donors (Lipinski definition) is 1. The molecule has 0 radical (unpaired) electrons. The lowest BCUT2D eigenvalue weighted by atomic mass is 10.1. The van der Waals surface area contributed by atoms with Gasteiger partial charge in [0.2, 0.25) is 5.91 Å². The molecule has 2 amide bonds. The zero-order chi connectivity index (χ0) is 22.5. The van der Waals surface area contributed by atoms with Crippen LogP contribution in [-0.4, -0.2) is 25.5 Å². The van der Waals surface area contributed by atoms with Gasteiger partial charge in [0.1, 0.15) is 12.3 Å². The third kappa shape index (κ3) is 4.86. The molecule has 1 aliphatic heterocycles. The summed E-state index contributed by atoms with van der Waals surface area (Å²) < 4.78 is 5.21. The van der Waals surface area contributed by atoms with Crippen LogP contribution in [0.3, 0.4) is 0 Å². The number of methoxy groups -OCH3 is 1. The molecule has 0 unspecified atom stereocenters. The number of ether oxygens (including phenoxy) is 1. The number of fused-ring (bicyclic) bond motifs is 1. The predicted molar refractivity (Wildman–Crippen MR) is 129 cm³/mol. The minimum Gasteiger partial charge on any atom is -0.497 e. The fourth-order valence-electron chi connectivity index (χ4n) is 3.53. The van der Waals surface area contributed by atoms with Crippen molar-refractivity contribution < 1.29 is 14.3 Å². The van der Waals surface area contributed by atoms with Crippen LogP contribution < -0.4 is 15.0 Å². The van der Waals surface area contributed by atoms with Crippen molar-refractivity contribution in [1.29, 1.82) is 0 Å². The van der Waals surface area contributed by atoms with Crippen LogP contribution in [0.4, 0.5) is 5.69 Å². The molecule has 0 fully saturated rings. The highest BCUT2D eigenvalue weighted by atomic mass is 32.2. The monoisotopic (exact) mass is 444 g/mol. The molecule has 1 heterocycles. The Bertz CT molecular complexity index is 1140. The Morgan fingerprint density at radius 3 is 2.44 bits per heavy atom. The van der Waals surface area contributed by atoms with E-state index < -0.39 is 0 Å². The van der Waals surface area contributed by atoms with Gasteiger partial charge in [-0.05, 0) is 48.4 Å². The lowest BCUT2D eigenvalue weighted by Gasteiger charge is -2.30.